The first-order chi connectivity index (χ1) is 26.5. The highest BCUT2D eigenvalue weighted by Crippen LogP contribution is 2.17. The summed E-state index contributed by atoms with van der Waals surface area (Å²) in [5.41, 5.74) is 0. The van der Waals surface area contributed by atoms with Gasteiger partial charge in [0.1, 0.15) is 6.10 Å². The Labute approximate surface area is 335 Å². The van der Waals surface area contributed by atoms with Crippen LogP contribution in [0, 0.1) is 0 Å². The summed E-state index contributed by atoms with van der Waals surface area (Å²) in [6.07, 6.45) is 46.7. The molecule has 3 unspecified atom stereocenters. The zero-order valence-corrected chi connectivity index (χ0v) is 36.1. The Balaban J connectivity index is 4.63. The number of amides is 1. The Morgan fingerprint density at radius 3 is 1.41 bits per heavy atom. The standard InChI is InChI=1S/C48H91NO5/c1-4-7-10-13-16-19-22-23-26-29-32-35-38-41-48(53)54-44(39-36-33-30-27-24-20-17-14-11-8-5-2)42-47(52)49-45(43-50)46(51)40-37-34-31-28-25-21-18-15-12-9-6-3/h23,26,32,35,44-46,50-51H,4-22,24-25,27-31,33-34,36-43H2,1-3H3,(H,49,52)/b26-23-,35-32+. The van der Waals surface area contributed by atoms with Crippen LogP contribution in [-0.2, 0) is 14.3 Å². The van der Waals surface area contributed by atoms with E-state index in [-0.39, 0.29) is 24.9 Å². The van der Waals surface area contributed by atoms with Crippen LogP contribution in [0.25, 0.3) is 0 Å². The molecule has 0 aromatic heterocycles. The fraction of sp³-hybridized carbons (Fsp3) is 0.875. The maximum atomic E-state index is 13.1. The molecule has 0 bridgehead atoms. The van der Waals surface area contributed by atoms with Crippen molar-refractivity contribution in [3.05, 3.63) is 24.3 Å². The molecule has 0 aliphatic carbocycles. The lowest BCUT2D eigenvalue weighted by molar-refractivity contribution is -0.150. The first-order valence-corrected chi connectivity index (χ1v) is 23.6. The predicted molar refractivity (Wildman–Crippen MR) is 232 cm³/mol. The van der Waals surface area contributed by atoms with Crippen molar-refractivity contribution >= 4 is 11.9 Å². The summed E-state index contributed by atoms with van der Waals surface area (Å²) in [5, 5.41) is 23.6. The van der Waals surface area contributed by atoms with Crippen LogP contribution >= 0.6 is 0 Å². The number of ether oxygens (including phenoxy) is 1. The molecule has 0 aromatic rings. The van der Waals surface area contributed by atoms with E-state index in [1.54, 1.807) is 0 Å². The van der Waals surface area contributed by atoms with Gasteiger partial charge in [-0.25, -0.2) is 0 Å². The summed E-state index contributed by atoms with van der Waals surface area (Å²) in [4.78, 5) is 25.9. The quantitative estimate of drug-likeness (QED) is 0.0327. The molecule has 0 aliphatic heterocycles. The molecule has 0 saturated carbocycles. The van der Waals surface area contributed by atoms with Crippen LogP contribution in [0.3, 0.4) is 0 Å². The first kappa shape index (κ1) is 52.3. The smallest absolute Gasteiger partial charge is 0.306 e. The third-order valence-corrected chi connectivity index (χ3v) is 10.8. The Bertz CT molecular complexity index is 858. The van der Waals surface area contributed by atoms with Crippen molar-refractivity contribution in [3.63, 3.8) is 0 Å². The van der Waals surface area contributed by atoms with E-state index in [2.05, 4.69) is 44.3 Å². The van der Waals surface area contributed by atoms with Crippen LogP contribution in [0.5, 0.6) is 0 Å². The third-order valence-electron chi connectivity index (χ3n) is 10.8. The van der Waals surface area contributed by atoms with Crippen molar-refractivity contribution in [3.8, 4) is 0 Å². The molecular weight excluding hydrogens is 671 g/mol. The molecule has 1 amide bonds. The fourth-order valence-corrected chi connectivity index (χ4v) is 7.19. The van der Waals surface area contributed by atoms with E-state index in [0.29, 0.717) is 25.7 Å². The molecule has 0 fully saturated rings. The number of rotatable bonds is 42. The topological polar surface area (TPSA) is 95.9 Å². The molecule has 54 heavy (non-hydrogen) atoms. The van der Waals surface area contributed by atoms with Crippen LogP contribution in [-0.4, -0.2) is 46.9 Å². The highest BCUT2D eigenvalue weighted by Gasteiger charge is 2.24. The minimum atomic E-state index is -0.789. The zero-order chi connectivity index (χ0) is 39.6. The van der Waals surface area contributed by atoms with Crippen LogP contribution in [0.1, 0.15) is 245 Å². The van der Waals surface area contributed by atoms with Gasteiger partial charge in [0.05, 0.1) is 25.2 Å². The van der Waals surface area contributed by atoms with Crippen molar-refractivity contribution in [2.45, 2.75) is 264 Å². The van der Waals surface area contributed by atoms with Crippen molar-refractivity contribution < 1.29 is 24.5 Å². The monoisotopic (exact) mass is 762 g/mol. The molecule has 0 saturated heterocycles. The number of hydrogen-bond donors (Lipinski definition) is 3. The number of carbonyl (C=O) groups is 2. The molecular formula is C48H91NO5. The number of hydrogen-bond acceptors (Lipinski definition) is 5. The van der Waals surface area contributed by atoms with Gasteiger partial charge in [-0.05, 0) is 44.9 Å². The summed E-state index contributed by atoms with van der Waals surface area (Å²) in [7, 11) is 0. The lowest BCUT2D eigenvalue weighted by Crippen LogP contribution is -2.46. The minimum Gasteiger partial charge on any atom is -0.462 e. The van der Waals surface area contributed by atoms with Gasteiger partial charge in [-0.2, -0.15) is 0 Å². The molecule has 6 heteroatoms. The summed E-state index contributed by atoms with van der Waals surface area (Å²) >= 11 is 0. The summed E-state index contributed by atoms with van der Waals surface area (Å²) in [6, 6.07) is -0.705. The Morgan fingerprint density at radius 2 is 0.944 bits per heavy atom. The van der Waals surface area contributed by atoms with E-state index in [0.717, 1.165) is 51.4 Å². The van der Waals surface area contributed by atoms with E-state index >= 15 is 0 Å². The maximum absolute atomic E-state index is 13.1. The maximum Gasteiger partial charge on any atom is 0.306 e. The van der Waals surface area contributed by atoms with Crippen LogP contribution in [0.15, 0.2) is 24.3 Å². The molecule has 0 aromatic carbocycles. The van der Waals surface area contributed by atoms with E-state index in [9.17, 15) is 19.8 Å². The molecule has 0 aliphatic rings. The third kappa shape index (κ3) is 37.3. The van der Waals surface area contributed by atoms with Crippen LogP contribution in [0.4, 0.5) is 0 Å². The molecule has 318 valence electrons. The SMILES string of the molecule is CCCCCCCC/C=C\C/C=C/CCC(=O)OC(CCCCCCCCCCCCC)CC(=O)NC(CO)C(O)CCCCCCCCCCCCC. The van der Waals surface area contributed by atoms with Crippen LogP contribution in [0.2, 0.25) is 0 Å². The van der Waals surface area contributed by atoms with Gasteiger partial charge in [0.2, 0.25) is 5.91 Å². The largest absolute Gasteiger partial charge is 0.462 e. The highest BCUT2D eigenvalue weighted by atomic mass is 16.5. The van der Waals surface area contributed by atoms with Gasteiger partial charge in [-0.1, -0.05) is 212 Å². The Hall–Kier alpha value is -1.66. The van der Waals surface area contributed by atoms with Gasteiger partial charge in [0, 0.05) is 6.42 Å². The number of nitrogens with one attached hydrogen (secondary N) is 1. The second-order valence-corrected chi connectivity index (χ2v) is 16.2. The van der Waals surface area contributed by atoms with Gasteiger partial charge in [-0.15, -0.1) is 0 Å². The number of allylic oxidation sites excluding steroid dienone is 4. The molecule has 0 spiro atoms. The van der Waals surface area contributed by atoms with Gasteiger partial charge < -0.3 is 20.3 Å². The van der Waals surface area contributed by atoms with Crippen molar-refractivity contribution in [1.29, 1.82) is 0 Å². The fourth-order valence-electron chi connectivity index (χ4n) is 7.19. The predicted octanol–water partition coefficient (Wildman–Crippen LogP) is 13.6. The molecule has 3 N–H and O–H groups in total. The zero-order valence-electron chi connectivity index (χ0n) is 36.1. The number of aliphatic hydroxyl groups excluding tert-OH is 2. The van der Waals surface area contributed by atoms with E-state index in [1.807, 2.05) is 6.08 Å². The second kappa shape index (κ2) is 42.5. The lowest BCUT2D eigenvalue weighted by Gasteiger charge is -2.24. The summed E-state index contributed by atoms with van der Waals surface area (Å²) < 4.78 is 5.87. The Kier molecular flexibility index (Phi) is 41.2. The normalized spacial score (nSPS) is 13.5. The molecule has 0 radical (unpaired) electrons. The molecule has 6 nitrogen and oxygen atoms in total. The average Bonchev–Trinajstić information content (AvgIpc) is 3.16. The average molecular weight is 762 g/mol. The first-order valence-electron chi connectivity index (χ1n) is 23.6. The number of unbranched alkanes of at least 4 members (excludes halogenated alkanes) is 26. The summed E-state index contributed by atoms with van der Waals surface area (Å²) in [6.45, 7) is 6.45. The van der Waals surface area contributed by atoms with Crippen molar-refractivity contribution in [2.24, 2.45) is 0 Å². The second-order valence-electron chi connectivity index (χ2n) is 16.2. The minimum absolute atomic E-state index is 0.0599. The van der Waals surface area contributed by atoms with Crippen molar-refractivity contribution in [1.82, 2.24) is 5.32 Å². The molecule has 0 rings (SSSR count). The van der Waals surface area contributed by atoms with Crippen molar-refractivity contribution in [2.75, 3.05) is 6.61 Å². The van der Waals surface area contributed by atoms with E-state index in [1.165, 1.54) is 141 Å². The molecule has 3 atom stereocenters. The van der Waals surface area contributed by atoms with Gasteiger partial charge >= 0.3 is 5.97 Å². The van der Waals surface area contributed by atoms with Gasteiger partial charge in [0.15, 0.2) is 0 Å². The summed E-state index contributed by atoms with van der Waals surface area (Å²) in [5.74, 6) is -0.546. The number of esters is 1. The Morgan fingerprint density at radius 1 is 0.537 bits per heavy atom. The van der Waals surface area contributed by atoms with Gasteiger partial charge in [0.25, 0.3) is 0 Å². The van der Waals surface area contributed by atoms with E-state index in [4.69, 9.17) is 4.74 Å². The lowest BCUT2D eigenvalue weighted by atomic mass is 10.0. The van der Waals surface area contributed by atoms with E-state index < -0.39 is 18.2 Å². The van der Waals surface area contributed by atoms with Gasteiger partial charge in [-0.3, -0.25) is 9.59 Å². The highest BCUT2D eigenvalue weighted by molar-refractivity contribution is 5.77. The molecule has 0 heterocycles. The number of aliphatic hydroxyl groups is 2. The number of carbonyl (C=O) groups excluding carboxylic acids is 2. The van der Waals surface area contributed by atoms with Crippen LogP contribution < -0.4 is 5.32 Å².